The summed E-state index contributed by atoms with van der Waals surface area (Å²) in [6.07, 6.45) is -3.92. The summed E-state index contributed by atoms with van der Waals surface area (Å²) < 4.78 is 67.6. The summed E-state index contributed by atoms with van der Waals surface area (Å²) in [4.78, 5) is 1.01. The van der Waals surface area contributed by atoms with E-state index in [0.29, 0.717) is 12.1 Å². The smallest absolute Gasteiger partial charge is 0.337 e. The van der Waals surface area contributed by atoms with E-state index in [0.717, 1.165) is 42.4 Å². The van der Waals surface area contributed by atoms with Crippen molar-refractivity contribution in [1.82, 2.24) is 0 Å². The fraction of sp³-hybridized carbons (Fsp3) is 0.400. The Morgan fingerprint density at radius 2 is 1.89 bits per heavy atom. The van der Waals surface area contributed by atoms with Crippen LogP contribution in [-0.4, -0.2) is 34.6 Å². The number of likely N-dealkylation sites (N-methyl/N-ethyl adjacent to an activating group) is 1. The van der Waals surface area contributed by atoms with E-state index in [1.807, 2.05) is 19.1 Å². The second kappa shape index (κ2) is 6.49. The lowest BCUT2D eigenvalue weighted by atomic mass is 9.89. The van der Waals surface area contributed by atoms with Gasteiger partial charge in [-0.05, 0) is 36.8 Å². The summed E-state index contributed by atoms with van der Waals surface area (Å²) >= 11 is 0. The average molecular weight is 411 g/mol. The quantitative estimate of drug-likeness (QED) is 0.826. The number of sulfonamides is 1. The predicted octanol–water partition coefficient (Wildman–Crippen LogP) is 2.59. The molecule has 8 heteroatoms. The summed E-state index contributed by atoms with van der Waals surface area (Å²) in [6.45, 7) is 3.58. The number of aryl methyl sites for hydroxylation is 1. The Morgan fingerprint density at radius 1 is 1.14 bits per heavy atom. The van der Waals surface area contributed by atoms with E-state index in [1.54, 1.807) is 6.07 Å². The van der Waals surface area contributed by atoms with Gasteiger partial charge in [0.05, 0.1) is 48.2 Å². The molecule has 4 rings (SSSR count). The largest absolute Gasteiger partial charge is 0.416 e. The molecule has 2 aliphatic heterocycles. The zero-order valence-corrected chi connectivity index (χ0v) is 16.4. The Hall–Kier alpha value is -2.06. The van der Waals surface area contributed by atoms with Crippen LogP contribution >= 0.6 is 0 Å². The Morgan fingerprint density at radius 3 is 2.61 bits per heavy atom. The predicted molar refractivity (Wildman–Crippen MR) is 100 cm³/mol. The van der Waals surface area contributed by atoms with Crippen molar-refractivity contribution >= 4 is 15.7 Å². The van der Waals surface area contributed by atoms with Crippen LogP contribution in [0, 0.1) is 6.92 Å². The first-order valence-electron chi connectivity index (χ1n) is 9.22. The summed E-state index contributed by atoms with van der Waals surface area (Å²) in [6, 6.07) is 9.39. The molecule has 2 aliphatic rings. The number of anilines is 1. The number of quaternary nitrogens is 1. The van der Waals surface area contributed by atoms with Crippen molar-refractivity contribution in [2.75, 3.05) is 24.4 Å². The molecule has 28 heavy (non-hydrogen) atoms. The number of nitrogens with one attached hydrogen (secondary N) is 1. The van der Waals surface area contributed by atoms with E-state index in [4.69, 9.17) is 0 Å². The average Bonchev–Trinajstić information content (AvgIpc) is 2.95. The fourth-order valence-corrected chi connectivity index (χ4v) is 6.20. The number of nitrogens with zero attached hydrogens (tertiary/aromatic N) is 1. The lowest BCUT2D eigenvalue weighted by molar-refractivity contribution is -0.886. The highest BCUT2D eigenvalue weighted by Crippen LogP contribution is 2.46. The molecule has 1 unspecified atom stereocenters. The van der Waals surface area contributed by atoms with E-state index in [9.17, 15) is 21.6 Å². The van der Waals surface area contributed by atoms with E-state index < -0.39 is 21.8 Å². The van der Waals surface area contributed by atoms with Crippen LogP contribution in [-0.2, 0) is 16.2 Å². The molecule has 0 aliphatic carbocycles. The Labute approximate surface area is 162 Å². The molecule has 1 fully saturated rings. The third kappa shape index (κ3) is 3.08. The van der Waals surface area contributed by atoms with Crippen molar-refractivity contribution in [3.8, 4) is 0 Å². The number of fused-ring (bicyclic) bond motifs is 3. The van der Waals surface area contributed by atoms with Crippen LogP contribution in [0.25, 0.3) is 0 Å². The van der Waals surface area contributed by atoms with Crippen LogP contribution < -0.4 is 9.21 Å². The van der Waals surface area contributed by atoms with Crippen molar-refractivity contribution in [1.29, 1.82) is 0 Å². The summed E-state index contributed by atoms with van der Waals surface area (Å²) in [5, 5.41) is 0. The molecule has 2 heterocycles. The van der Waals surface area contributed by atoms with Crippen LogP contribution in [0.15, 0.2) is 47.4 Å². The van der Waals surface area contributed by atoms with Crippen molar-refractivity contribution in [3.05, 3.63) is 59.2 Å². The number of alkyl halides is 3. The number of hydrogen-bond acceptors (Lipinski definition) is 2. The Kier molecular flexibility index (Phi) is 4.46. The molecule has 150 valence electrons. The van der Waals surface area contributed by atoms with E-state index in [2.05, 4.69) is 7.05 Å². The number of benzene rings is 2. The summed E-state index contributed by atoms with van der Waals surface area (Å²) in [5.74, 6) is 0.0456. The normalized spacial score (nSPS) is 24.8. The summed E-state index contributed by atoms with van der Waals surface area (Å²) in [7, 11) is -2.03. The zero-order valence-electron chi connectivity index (χ0n) is 15.6. The lowest BCUT2D eigenvalue weighted by Crippen LogP contribution is -3.11. The molecular formula is C20H22F3N2O2S+. The molecule has 1 saturated heterocycles. The lowest BCUT2D eigenvalue weighted by Gasteiger charge is -2.34. The van der Waals surface area contributed by atoms with Crippen LogP contribution in [0.4, 0.5) is 18.9 Å². The number of piperidine rings is 1. The third-order valence-corrected chi connectivity index (χ3v) is 7.57. The fourth-order valence-electron chi connectivity index (χ4n) is 4.41. The third-order valence-electron chi connectivity index (χ3n) is 5.74. The van der Waals surface area contributed by atoms with Gasteiger partial charge in [-0.3, -0.25) is 4.31 Å². The SMILES string of the molecule is Cc1ccc2c(c1)[C@@H]1C[NH+](C)CC[C@@H]1N2S(=O)(=O)c1cccc(C(F)(F)F)c1. The highest BCUT2D eigenvalue weighted by molar-refractivity contribution is 7.92. The van der Waals surface area contributed by atoms with Gasteiger partial charge in [0.25, 0.3) is 10.0 Å². The van der Waals surface area contributed by atoms with Crippen molar-refractivity contribution in [2.24, 2.45) is 0 Å². The van der Waals surface area contributed by atoms with Crippen LogP contribution in [0.1, 0.15) is 29.0 Å². The van der Waals surface area contributed by atoms with E-state index >= 15 is 0 Å². The molecule has 0 radical (unpaired) electrons. The van der Waals surface area contributed by atoms with Gasteiger partial charge in [-0.25, -0.2) is 8.42 Å². The molecule has 0 aromatic heterocycles. The van der Waals surface area contributed by atoms with Gasteiger partial charge in [-0.15, -0.1) is 0 Å². The highest BCUT2D eigenvalue weighted by Gasteiger charge is 2.48. The number of halogens is 3. The molecule has 2 aromatic rings. The summed E-state index contributed by atoms with van der Waals surface area (Å²) in [5.41, 5.74) is 1.65. The molecule has 0 amide bonds. The van der Waals surface area contributed by atoms with Crippen LogP contribution in [0.2, 0.25) is 0 Å². The molecule has 0 bridgehead atoms. The number of rotatable bonds is 2. The first-order chi connectivity index (χ1) is 13.1. The molecular weight excluding hydrogens is 389 g/mol. The van der Waals surface area contributed by atoms with E-state index in [1.165, 1.54) is 15.3 Å². The second-order valence-electron chi connectivity index (χ2n) is 7.76. The molecule has 1 N–H and O–H groups in total. The van der Waals surface area contributed by atoms with Crippen LogP contribution in [0.3, 0.4) is 0 Å². The minimum Gasteiger partial charge on any atom is -0.337 e. The first-order valence-corrected chi connectivity index (χ1v) is 10.7. The Balaban J connectivity index is 1.84. The van der Waals surface area contributed by atoms with Gasteiger partial charge in [0, 0.05) is 6.42 Å². The maximum absolute atomic E-state index is 13.4. The molecule has 4 nitrogen and oxygen atoms in total. The molecule has 0 spiro atoms. The molecule has 3 atom stereocenters. The van der Waals surface area contributed by atoms with Gasteiger partial charge in [-0.1, -0.05) is 23.8 Å². The topological polar surface area (TPSA) is 41.8 Å². The standard InChI is InChI=1S/C20H21F3N2O2S/c1-13-6-7-18-16(10-13)17-12-24(2)9-8-19(17)25(18)28(26,27)15-5-3-4-14(11-15)20(21,22)23/h3-7,10-11,17,19H,8-9,12H2,1-2H3/p+1/t17-,19-/m0/s1. The second-order valence-corrected chi connectivity index (χ2v) is 9.58. The van der Waals surface area contributed by atoms with Crippen molar-refractivity contribution in [3.63, 3.8) is 0 Å². The first kappa shape index (κ1) is 19.3. The van der Waals surface area contributed by atoms with Gasteiger partial charge in [-0.2, -0.15) is 13.2 Å². The van der Waals surface area contributed by atoms with Gasteiger partial charge in [0.15, 0.2) is 0 Å². The number of hydrogen-bond donors (Lipinski definition) is 1. The Bertz CT molecular complexity index is 1020. The highest BCUT2D eigenvalue weighted by atomic mass is 32.2. The van der Waals surface area contributed by atoms with Gasteiger partial charge in [0.1, 0.15) is 0 Å². The van der Waals surface area contributed by atoms with Crippen LogP contribution in [0.5, 0.6) is 0 Å². The van der Waals surface area contributed by atoms with Crippen molar-refractivity contribution < 1.29 is 26.5 Å². The number of likely N-dealkylation sites (tertiary alicyclic amines) is 1. The monoisotopic (exact) mass is 411 g/mol. The minimum absolute atomic E-state index is 0.0456. The maximum Gasteiger partial charge on any atom is 0.416 e. The van der Waals surface area contributed by atoms with Gasteiger partial charge >= 0.3 is 6.18 Å². The van der Waals surface area contributed by atoms with Crippen molar-refractivity contribution in [2.45, 2.75) is 36.4 Å². The van der Waals surface area contributed by atoms with Gasteiger partial charge < -0.3 is 4.90 Å². The zero-order chi connectivity index (χ0) is 20.3. The molecule has 2 aromatic carbocycles. The maximum atomic E-state index is 13.4. The molecule has 0 saturated carbocycles. The minimum atomic E-state index is -4.59. The van der Waals surface area contributed by atoms with E-state index in [-0.39, 0.29) is 16.9 Å². The van der Waals surface area contributed by atoms with Gasteiger partial charge in [0.2, 0.25) is 0 Å².